The van der Waals surface area contributed by atoms with Crippen LogP contribution in [-0.2, 0) is 6.42 Å². The van der Waals surface area contributed by atoms with Gasteiger partial charge < -0.3 is 5.11 Å². The molecule has 0 aliphatic heterocycles. The number of Topliss-reactive ketones (excluding diaryl/α,β-unsaturated/α-hetero) is 1. The van der Waals surface area contributed by atoms with Gasteiger partial charge in [0.25, 0.3) is 0 Å². The van der Waals surface area contributed by atoms with E-state index in [1.165, 1.54) is 6.92 Å². The van der Waals surface area contributed by atoms with Gasteiger partial charge in [-0.25, -0.2) is 0 Å². The lowest BCUT2D eigenvalue weighted by Gasteiger charge is -2.02. The molecule has 0 unspecified atom stereocenters. The first-order valence-electron chi connectivity index (χ1n) is 3.98. The molecule has 0 aromatic heterocycles. The summed E-state index contributed by atoms with van der Waals surface area (Å²) in [6.07, 6.45) is 0.743. The Bertz CT molecular complexity index is 303. The molecule has 0 saturated carbocycles. The number of aromatic hydroxyl groups is 1. The molecule has 0 bridgehead atoms. The molecular formula is C10H12O2. The van der Waals surface area contributed by atoms with Gasteiger partial charge in [-0.15, -0.1) is 0 Å². The molecule has 1 aromatic rings. The van der Waals surface area contributed by atoms with E-state index < -0.39 is 0 Å². The van der Waals surface area contributed by atoms with E-state index >= 15 is 0 Å². The first kappa shape index (κ1) is 8.78. The van der Waals surface area contributed by atoms with Crippen molar-refractivity contribution in [2.45, 2.75) is 20.3 Å². The first-order chi connectivity index (χ1) is 5.65. The van der Waals surface area contributed by atoms with Crippen LogP contribution in [0.15, 0.2) is 18.2 Å². The van der Waals surface area contributed by atoms with Gasteiger partial charge in [0, 0.05) is 5.56 Å². The van der Waals surface area contributed by atoms with Gasteiger partial charge in [-0.1, -0.05) is 6.92 Å². The predicted octanol–water partition coefficient (Wildman–Crippen LogP) is 2.16. The average Bonchev–Trinajstić information content (AvgIpc) is 2.05. The van der Waals surface area contributed by atoms with E-state index in [2.05, 4.69) is 0 Å². The number of phenols is 1. The van der Waals surface area contributed by atoms with Crippen molar-refractivity contribution in [2.75, 3.05) is 0 Å². The molecule has 1 rings (SSSR count). The zero-order chi connectivity index (χ0) is 9.14. The predicted molar refractivity (Wildman–Crippen MR) is 47.5 cm³/mol. The third-order valence-corrected chi connectivity index (χ3v) is 1.87. The van der Waals surface area contributed by atoms with Crippen molar-refractivity contribution in [1.82, 2.24) is 0 Å². The largest absolute Gasteiger partial charge is 0.508 e. The first-order valence-corrected chi connectivity index (χ1v) is 3.98. The number of benzene rings is 1. The minimum Gasteiger partial charge on any atom is -0.508 e. The van der Waals surface area contributed by atoms with E-state index in [0.717, 1.165) is 12.0 Å². The molecule has 0 aliphatic rings. The van der Waals surface area contributed by atoms with Gasteiger partial charge in [0.2, 0.25) is 0 Å². The van der Waals surface area contributed by atoms with Crippen LogP contribution in [-0.4, -0.2) is 10.9 Å². The molecule has 2 nitrogen and oxygen atoms in total. The van der Waals surface area contributed by atoms with E-state index in [4.69, 9.17) is 0 Å². The van der Waals surface area contributed by atoms with Crippen molar-refractivity contribution in [1.29, 1.82) is 0 Å². The monoisotopic (exact) mass is 164 g/mol. The maximum atomic E-state index is 10.9. The summed E-state index contributed by atoms with van der Waals surface area (Å²) in [6, 6.07) is 4.93. The van der Waals surface area contributed by atoms with Crippen LogP contribution >= 0.6 is 0 Å². The Morgan fingerprint density at radius 2 is 2.17 bits per heavy atom. The van der Waals surface area contributed by atoms with Crippen molar-refractivity contribution in [3.05, 3.63) is 29.3 Å². The minimum absolute atomic E-state index is 0.0321. The highest BCUT2D eigenvalue weighted by atomic mass is 16.3. The summed E-state index contributed by atoms with van der Waals surface area (Å²) in [7, 11) is 0. The lowest BCUT2D eigenvalue weighted by molar-refractivity contribution is 0.101. The molecule has 2 heteroatoms. The molecule has 0 heterocycles. The van der Waals surface area contributed by atoms with E-state index in [9.17, 15) is 9.90 Å². The fourth-order valence-electron chi connectivity index (χ4n) is 1.09. The van der Waals surface area contributed by atoms with E-state index in [1.807, 2.05) is 6.92 Å². The van der Waals surface area contributed by atoms with Crippen LogP contribution in [0.5, 0.6) is 5.75 Å². The van der Waals surface area contributed by atoms with Gasteiger partial charge in [0.05, 0.1) is 0 Å². The maximum absolute atomic E-state index is 10.9. The highest BCUT2D eigenvalue weighted by molar-refractivity contribution is 5.94. The van der Waals surface area contributed by atoms with Crippen LogP contribution in [0.2, 0.25) is 0 Å². The standard InChI is InChI=1S/C10H12O2/c1-3-8-6-9(7(2)11)4-5-10(8)12/h4-6,12H,3H2,1-2H3. The Morgan fingerprint density at radius 3 is 2.67 bits per heavy atom. The third kappa shape index (κ3) is 1.64. The number of ketones is 1. The van der Waals surface area contributed by atoms with E-state index in [-0.39, 0.29) is 11.5 Å². The zero-order valence-electron chi connectivity index (χ0n) is 7.29. The Morgan fingerprint density at radius 1 is 1.50 bits per heavy atom. The maximum Gasteiger partial charge on any atom is 0.159 e. The van der Waals surface area contributed by atoms with E-state index in [1.54, 1.807) is 18.2 Å². The third-order valence-electron chi connectivity index (χ3n) is 1.87. The molecule has 0 fully saturated rings. The molecule has 1 N–H and O–H groups in total. The highest BCUT2D eigenvalue weighted by Gasteiger charge is 2.03. The Labute approximate surface area is 71.8 Å². The van der Waals surface area contributed by atoms with Gasteiger partial charge in [0.15, 0.2) is 5.78 Å². The Hall–Kier alpha value is -1.31. The van der Waals surface area contributed by atoms with Crippen molar-refractivity contribution >= 4 is 5.78 Å². The average molecular weight is 164 g/mol. The quantitative estimate of drug-likeness (QED) is 0.680. The van der Waals surface area contributed by atoms with Crippen LogP contribution in [0, 0.1) is 0 Å². The van der Waals surface area contributed by atoms with Crippen molar-refractivity contribution < 1.29 is 9.90 Å². The number of hydrogen-bond acceptors (Lipinski definition) is 2. The second kappa shape index (κ2) is 3.39. The zero-order valence-corrected chi connectivity index (χ0v) is 7.29. The molecule has 64 valence electrons. The molecule has 0 aliphatic carbocycles. The summed E-state index contributed by atoms with van der Waals surface area (Å²) < 4.78 is 0. The van der Waals surface area contributed by atoms with Crippen molar-refractivity contribution in [3.8, 4) is 5.75 Å². The lowest BCUT2D eigenvalue weighted by Crippen LogP contribution is -1.93. The van der Waals surface area contributed by atoms with Crippen molar-refractivity contribution in [3.63, 3.8) is 0 Å². The minimum atomic E-state index is 0.0321. The highest BCUT2D eigenvalue weighted by Crippen LogP contribution is 2.18. The molecule has 0 atom stereocenters. The fraction of sp³-hybridized carbons (Fsp3) is 0.300. The van der Waals surface area contributed by atoms with Gasteiger partial charge in [-0.05, 0) is 37.1 Å². The van der Waals surface area contributed by atoms with Crippen LogP contribution in [0.25, 0.3) is 0 Å². The normalized spacial score (nSPS) is 9.83. The Kier molecular flexibility index (Phi) is 2.48. The number of carbonyl (C=O) groups excluding carboxylic acids is 1. The van der Waals surface area contributed by atoms with Crippen molar-refractivity contribution in [2.24, 2.45) is 0 Å². The number of aryl methyl sites for hydroxylation is 1. The van der Waals surface area contributed by atoms with Crippen LogP contribution in [0.3, 0.4) is 0 Å². The van der Waals surface area contributed by atoms with Gasteiger partial charge >= 0.3 is 0 Å². The summed E-state index contributed by atoms with van der Waals surface area (Å²) >= 11 is 0. The van der Waals surface area contributed by atoms with Gasteiger partial charge in [-0.3, -0.25) is 4.79 Å². The summed E-state index contributed by atoms with van der Waals surface area (Å²) in [5, 5.41) is 9.31. The van der Waals surface area contributed by atoms with Crippen LogP contribution < -0.4 is 0 Å². The van der Waals surface area contributed by atoms with Gasteiger partial charge in [-0.2, -0.15) is 0 Å². The molecule has 12 heavy (non-hydrogen) atoms. The molecule has 0 spiro atoms. The lowest BCUT2D eigenvalue weighted by atomic mass is 10.1. The second-order valence-corrected chi connectivity index (χ2v) is 2.75. The SMILES string of the molecule is CCc1cc(C(C)=O)ccc1O. The molecule has 1 aromatic carbocycles. The molecular weight excluding hydrogens is 152 g/mol. The number of carbonyl (C=O) groups is 1. The van der Waals surface area contributed by atoms with Gasteiger partial charge in [0.1, 0.15) is 5.75 Å². The van der Waals surface area contributed by atoms with Crippen LogP contribution in [0.1, 0.15) is 29.8 Å². The summed E-state index contributed by atoms with van der Waals surface area (Å²) in [5.41, 5.74) is 1.48. The number of hydrogen-bond donors (Lipinski definition) is 1. The summed E-state index contributed by atoms with van der Waals surface area (Å²) in [4.78, 5) is 10.9. The second-order valence-electron chi connectivity index (χ2n) is 2.75. The van der Waals surface area contributed by atoms with E-state index in [0.29, 0.717) is 5.56 Å². The number of rotatable bonds is 2. The Balaban J connectivity index is 3.13. The fourth-order valence-corrected chi connectivity index (χ4v) is 1.09. The number of phenolic OH excluding ortho intramolecular Hbond substituents is 1. The summed E-state index contributed by atoms with van der Waals surface area (Å²) in [5.74, 6) is 0.298. The molecule has 0 saturated heterocycles. The summed E-state index contributed by atoms with van der Waals surface area (Å²) in [6.45, 7) is 3.46. The smallest absolute Gasteiger partial charge is 0.159 e. The topological polar surface area (TPSA) is 37.3 Å². The molecule has 0 radical (unpaired) electrons. The van der Waals surface area contributed by atoms with Crippen LogP contribution in [0.4, 0.5) is 0 Å². The molecule has 0 amide bonds.